The maximum absolute atomic E-state index is 12.1. The minimum Gasteiger partial charge on any atom is -0.383 e. The van der Waals surface area contributed by atoms with Crippen LogP contribution in [-0.4, -0.2) is 68.1 Å². The zero-order valence-corrected chi connectivity index (χ0v) is 14.7. The molecule has 3 N–H and O–H groups in total. The Hall–Kier alpha value is -2.57. The van der Waals surface area contributed by atoms with Crippen LogP contribution in [0.5, 0.6) is 0 Å². The van der Waals surface area contributed by atoms with E-state index in [1.54, 1.807) is 23.4 Å². The molecule has 0 spiro atoms. The molecule has 9 heteroatoms. The molecule has 1 fully saturated rings. The lowest BCUT2D eigenvalue weighted by molar-refractivity contribution is -0.127. The number of anilines is 1. The highest BCUT2D eigenvalue weighted by Gasteiger charge is 2.39. The Kier molecular flexibility index (Phi) is 5.43. The van der Waals surface area contributed by atoms with E-state index in [2.05, 4.69) is 22.9 Å². The molecule has 127 valence electrons. The van der Waals surface area contributed by atoms with E-state index in [1.807, 2.05) is 0 Å². The summed E-state index contributed by atoms with van der Waals surface area (Å²) in [5.74, 6) is 2.11. The van der Waals surface area contributed by atoms with Gasteiger partial charge in [0.1, 0.15) is 17.1 Å². The topological polar surface area (TPSA) is 102 Å². The van der Waals surface area contributed by atoms with Crippen LogP contribution in [-0.2, 0) is 9.53 Å². The van der Waals surface area contributed by atoms with Crippen LogP contribution >= 0.6 is 0 Å². The van der Waals surface area contributed by atoms with Gasteiger partial charge in [-0.15, -0.1) is 6.42 Å². The maximum atomic E-state index is 12.1. The number of nitrogens with two attached hydrogens (primary N) is 1. The van der Waals surface area contributed by atoms with Gasteiger partial charge in [0.15, 0.2) is 0 Å². The van der Waals surface area contributed by atoms with Crippen LogP contribution in [0.15, 0.2) is 12.7 Å². The van der Waals surface area contributed by atoms with Crippen molar-refractivity contribution < 1.29 is 14.3 Å². The van der Waals surface area contributed by atoms with E-state index in [0.717, 1.165) is 6.04 Å². The first-order chi connectivity index (χ1) is 11.5. The monoisotopic (exact) mass is 346 g/mol. The van der Waals surface area contributed by atoms with Crippen molar-refractivity contribution in [3.8, 4) is 12.3 Å². The number of rotatable bonds is 6. The molecule has 2 heterocycles. The van der Waals surface area contributed by atoms with Crippen molar-refractivity contribution >= 4 is 26.6 Å². The third kappa shape index (κ3) is 3.06. The summed E-state index contributed by atoms with van der Waals surface area (Å²) in [5.41, 5.74) is 5.85. The van der Waals surface area contributed by atoms with E-state index in [9.17, 15) is 9.59 Å². The summed E-state index contributed by atoms with van der Waals surface area (Å²) in [6.07, 6.45) is 7.25. The summed E-state index contributed by atoms with van der Waals surface area (Å²) >= 11 is 0. The van der Waals surface area contributed by atoms with Gasteiger partial charge < -0.3 is 20.7 Å². The third-order valence-electron chi connectivity index (χ3n) is 3.89. The smallest absolute Gasteiger partial charge is 0.255 e. The maximum Gasteiger partial charge on any atom is 0.255 e. The highest BCUT2D eigenvalue weighted by molar-refractivity contribution is 6.59. The molecule has 2 amide bonds. The molecule has 0 bridgehead atoms. The van der Waals surface area contributed by atoms with E-state index in [-0.39, 0.29) is 23.2 Å². The molecule has 1 aromatic heterocycles. The number of nitrogens with zero attached hydrogens (tertiary/aromatic N) is 3. The summed E-state index contributed by atoms with van der Waals surface area (Å²) in [5, 5.41) is 7.33. The van der Waals surface area contributed by atoms with Crippen molar-refractivity contribution in [1.29, 1.82) is 0 Å². The molecule has 0 aromatic carbocycles. The van der Waals surface area contributed by atoms with Crippen LogP contribution < -0.4 is 11.1 Å². The number of hydrogen-bond acceptors (Lipinski definition) is 5. The minimum atomic E-state index is -1.33. The minimum absolute atomic E-state index is 0.0605. The van der Waals surface area contributed by atoms with Crippen molar-refractivity contribution in [3.63, 3.8) is 0 Å². The summed E-state index contributed by atoms with van der Waals surface area (Å²) in [6.45, 7) is 3.97. The first-order valence-corrected chi connectivity index (χ1v) is 9.18. The first kappa shape index (κ1) is 17.8. The molecule has 1 saturated heterocycles. The third-order valence-corrected chi connectivity index (χ3v) is 6.46. The van der Waals surface area contributed by atoms with Crippen molar-refractivity contribution in [2.75, 3.05) is 32.2 Å². The van der Waals surface area contributed by atoms with Gasteiger partial charge >= 0.3 is 0 Å². The SMILES string of the molecule is C#Cc1nn([Si]2C[C@H](COC)N(C(=O)C=C)C2)c(NC)c1C(N)=O. The number of terminal acetylenes is 1. The zero-order valence-electron chi connectivity index (χ0n) is 13.7. The Morgan fingerprint density at radius 2 is 2.38 bits per heavy atom. The van der Waals surface area contributed by atoms with Crippen LogP contribution in [0, 0.1) is 12.3 Å². The molecule has 1 radical (unpaired) electrons. The highest BCUT2D eigenvalue weighted by Crippen LogP contribution is 2.26. The van der Waals surface area contributed by atoms with Crippen LogP contribution in [0.25, 0.3) is 0 Å². The number of carbonyl (C=O) groups is 2. The number of methoxy groups -OCH3 is 1. The molecule has 1 atom stereocenters. The van der Waals surface area contributed by atoms with Gasteiger partial charge in [-0.1, -0.05) is 6.58 Å². The van der Waals surface area contributed by atoms with Gasteiger partial charge in [-0.25, -0.2) is 0 Å². The standard InChI is InChI=1S/C15H20N5O3Si/c1-5-11-13(14(16)22)15(17-3)20(18-11)24-8-10(7-23-4)19(9-24)12(21)6-2/h1,6,10,17H,2,7-9H2,3-4H3,(H2,16,22)/t10-/m0/s1. The van der Waals surface area contributed by atoms with Crippen LogP contribution in [0.4, 0.5) is 5.82 Å². The van der Waals surface area contributed by atoms with Gasteiger partial charge in [-0.2, -0.15) is 5.10 Å². The molecule has 0 unspecified atom stereocenters. The average molecular weight is 346 g/mol. The fourth-order valence-corrected chi connectivity index (χ4v) is 5.76. The molecule has 2 rings (SSSR count). The number of primary amides is 1. The Morgan fingerprint density at radius 1 is 1.67 bits per heavy atom. The quantitative estimate of drug-likeness (QED) is 0.408. The van der Waals surface area contributed by atoms with E-state index in [0.29, 0.717) is 18.6 Å². The molecular weight excluding hydrogens is 326 g/mol. The molecule has 1 aromatic rings. The fourth-order valence-electron chi connectivity index (χ4n) is 2.85. The van der Waals surface area contributed by atoms with Gasteiger partial charge in [0.05, 0.1) is 12.6 Å². The summed E-state index contributed by atoms with van der Waals surface area (Å²) in [7, 11) is 1.94. The Balaban J connectivity index is 2.42. The second-order valence-electron chi connectivity index (χ2n) is 5.29. The summed E-state index contributed by atoms with van der Waals surface area (Å²) in [6, 6.07) is 0.658. The lowest BCUT2D eigenvalue weighted by Crippen LogP contribution is -2.38. The van der Waals surface area contributed by atoms with Crippen molar-refractivity contribution in [1.82, 2.24) is 14.3 Å². The lowest BCUT2D eigenvalue weighted by Gasteiger charge is -2.22. The molecule has 1 aliphatic heterocycles. The molecule has 8 nitrogen and oxygen atoms in total. The molecule has 24 heavy (non-hydrogen) atoms. The van der Waals surface area contributed by atoms with E-state index in [1.165, 1.54) is 6.08 Å². The predicted octanol–water partition coefficient (Wildman–Crippen LogP) is -0.573. The van der Waals surface area contributed by atoms with Crippen LogP contribution in [0.2, 0.25) is 6.04 Å². The highest BCUT2D eigenvalue weighted by atomic mass is 28.3. The number of carbonyl (C=O) groups excluding carboxylic acids is 2. The Bertz CT molecular complexity index is 709. The molecule has 1 aliphatic rings. The molecule has 0 aliphatic carbocycles. The second-order valence-corrected chi connectivity index (χ2v) is 7.57. The number of aromatic nitrogens is 2. The average Bonchev–Trinajstić information content (AvgIpc) is 3.15. The number of hydrogen-bond donors (Lipinski definition) is 2. The van der Waals surface area contributed by atoms with Crippen molar-refractivity contribution in [3.05, 3.63) is 23.9 Å². The van der Waals surface area contributed by atoms with Gasteiger partial charge in [0.25, 0.3) is 5.91 Å². The number of ether oxygens (including phenoxy) is 1. The van der Waals surface area contributed by atoms with Crippen molar-refractivity contribution in [2.45, 2.75) is 12.1 Å². The lowest BCUT2D eigenvalue weighted by atomic mass is 10.2. The fraction of sp³-hybridized carbons (Fsp3) is 0.400. The molecular formula is C15H20N5O3Si. The number of nitrogens with one attached hydrogen (secondary N) is 1. The zero-order chi connectivity index (χ0) is 17.9. The Morgan fingerprint density at radius 3 is 2.88 bits per heavy atom. The first-order valence-electron chi connectivity index (χ1n) is 7.32. The Labute approximate surface area is 142 Å². The van der Waals surface area contributed by atoms with Gasteiger partial charge in [0, 0.05) is 20.3 Å². The normalized spacial score (nSPS) is 17.5. The summed E-state index contributed by atoms with van der Waals surface area (Å²) in [4.78, 5) is 25.5. The van der Waals surface area contributed by atoms with Crippen molar-refractivity contribution in [2.24, 2.45) is 5.73 Å². The predicted molar refractivity (Wildman–Crippen MR) is 91.8 cm³/mol. The van der Waals surface area contributed by atoms with Crippen LogP contribution in [0.1, 0.15) is 16.1 Å². The second kappa shape index (κ2) is 7.33. The largest absolute Gasteiger partial charge is 0.383 e. The van der Waals surface area contributed by atoms with Gasteiger partial charge in [-0.3, -0.25) is 13.9 Å². The van der Waals surface area contributed by atoms with Gasteiger partial charge in [0.2, 0.25) is 14.9 Å². The van der Waals surface area contributed by atoms with Crippen LogP contribution in [0.3, 0.4) is 0 Å². The van der Waals surface area contributed by atoms with Gasteiger partial charge in [-0.05, 0) is 18.0 Å². The van der Waals surface area contributed by atoms with E-state index < -0.39 is 14.9 Å². The van der Waals surface area contributed by atoms with E-state index >= 15 is 0 Å². The van der Waals surface area contributed by atoms with E-state index in [4.69, 9.17) is 16.9 Å². The molecule has 0 saturated carbocycles. The summed E-state index contributed by atoms with van der Waals surface area (Å²) < 4.78 is 6.95. The number of amides is 2.